The molecular weight excluding hydrogens is 318 g/mol. The molecule has 0 aliphatic carbocycles. The molecule has 0 saturated heterocycles. The number of benzene rings is 1. The third kappa shape index (κ3) is 3.71. The van der Waals surface area contributed by atoms with Crippen molar-refractivity contribution in [2.45, 2.75) is 26.1 Å². The minimum absolute atomic E-state index is 0.208. The summed E-state index contributed by atoms with van der Waals surface area (Å²) in [7, 11) is 0. The summed E-state index contributed by atoms with van der Waals surface area (Å²) >= 11 is 7.56. The van der Waals surface area contributed by atoms with Crippen LogP contribution in [0.15, 0.2) is 42.5 Å². The fourth-order valence-electron chi connectivity index (χ4n) is 2.13. The predicted molar refractivity (Wildman–Crippen MR) is 87.9 cm³/mol. The number of aromatic nitrogens is 4. The van der Waals surface area contributed by atoms with Crippen LogP contribution in [0.4, 0.5) is 0 Å². The van der Waals surface area contributed by atoms with Crippen LogP contribution in [0.5, 0.6) is 0 Å². The standard InChI is InChI=1S/C15H16ClN5S/c1-11(13-7-8-14(16)22-13)17-9-15-18-19-20-21(15)10-12-5-3-2-4-6-12/h2-8,11,17H,9-10H2,1H3. The summed E-state index contributed by atoms with van der Waals surface area (Å²) in [5.74, 6) is 0.818. The molecule has 0 aliphatic rings. The zero-order valence-corrected chi connectivity index (χ0v) is 13.7. The Kier molecular flexibility index (Phi) is 4.82. The van der Waals surface area contributed by atoms with E-state index in [0.717, 1.165) is 10.2 Å². The van der Waals surface area contributed by atoms with Crippen LogP contribution >= 0.6 is 22.9 Å². The summed E-state index contributed by atoms with van der Waals surface area (Å²) in [6.07, 6.45) is 0. The molecule has 0 fully saturated rings. The molecule has 1 atom stereocenters. The second-order valence-corrected chi connectivity index (χ2v) is 6.73. The smallest absolute Gasteiger partial charge is 0.165 e. The molecule has 0 spiro atoms. The lowest BCUT2D eigenvalue weighted by Gasteiger charge is -2.11. The number of hydrogen-bond donors (Lipinski definition) is 1. The lowest BCUT2D eigenvalue weighted by Crippen LogP contribution is -2.20. The topological polar surface area (TPSA) is 55.6 Å². The molecule has 1 unspecified atom stereocenters. The molecule has 3 rings (SSSR count). The van der Waals surface area contributed by atoms with Crippen LogP contribution in [-0.4, -0.2) is 20.2 Å². The van der Waals surface area contributed by atoms with Gasteiger partial charge in [-0.3, -0.25) is 0 Å². The Labute approximate surface area is 137 Å². The van der Waals surface area contributed by atoms with E-state index in [1.165, 1.54) is 10.4 Å². The third-order valence-corrected chi connectivity index (χ3v) is 4.78. The Hall–Kier alpha value is -1.76. The average molecular weight is 334 g/mol. The third-order valence-electron chi connectivity index (χ3n) is 3.37. The Morgan fingerprint density at radius 1 is 1.23 bits per heavy atom. The zero-order valence-electron chi connectivity index (χ0n) is 12.1. The largest absolute Gasteiger partial charge is 0.302 e. The maximum atomic E-state index is 5.97. The van der Waals surface area contributed by atoms with Gasteiger partial charge in [-0.25, -0.2) is 4.68 Å². The molecule has 5 nitrogen and oxygen atoms in total. The number of nitrogens with zero attached hydrogens (tertiary/aromatic N) is 4. The van der Waals surface area contributed by atoms with Crippen molar-refractivity contribution in [2.24, 2.45) is 0 Å². The van der Waals surface area contributed by atoms with Crippen molar-refractivity contribution in [1.82, 2.24) is 25.5 Å². The summed E-state index contributed by atoms with van der Waals surface area (Å²) in [5, 5.41) is 15.4. The van der Waals surface area contributed by atoms with Crippen LogP contribution in [0, 0.1) is 0 Å². The van der Waals surface area contributed by atoms with Gasteiger partial charge in [0.1, 0.15) is 0 Å². The van der Waals surface area contributed by atoms with Crippen molar-refractivity contribution >= 4 is 22.9 Å². The van der Waals surface area contributed by atoms with Crippen molar-refractivity contribution in [3.8, 4) is 0 Å². The van der Waals surface area contributed by atoms with Crippen LogP contribution in [0.1, 0.15) is 29.2 Å². The van der Waals surface area contributed by atoms with Crippen molar-refractivity contribution in [3.05, 3.63) is 63.1 Å². The molecule has 0 amide bonds. The fourth-order valence-corrected chi connectivity index (χ4v) is 3.22. The number of thiophene rings is 1. The summed E-state index contributed by atoms with van der Waals surface area (Å²) in [6.45, 7) is 3.38. The van der Waals surface area contributed by atoms with Gasteiger partial charge >= 0.3 is 0 Å². The molecule has 1 N–H and O–H groups in total. The maximum Gasteiger partial charge on any atom is 0.165 e. The first-order valence-corrected chi connectivity index (χ1v) is 8.19. The predicted octanol–water partition coefficient (Wildman–Crippen LogP) is 3.29. The Bertz CT molecular complexity index is 724. The van der Waals surface area contributed by atoms with Gasteiger partial charge in [0.05, 0.1) is 17.4 Å². The second kappa shape index (κ2) is 7.00. The first-order valence-electron chi connectivity index (χ1n) is 7.00. The van der Waals surface area contributed by atoms with E-state index in [-0.39, 0.29) is 6.04 Å². The van der Waals surface area contributed by atoms with Gasteiger partial charge in [-0.1, -0.05) is 41.9 Å². The van der Waals surface area contributed by atoms with Crippen LogP contribution in [0.3, 0.4) is 0 Å². The van der Waals surface area contributed by atoms with Gasteiger partial charge < -0.3 is 5.32 Å². The van der Waals surface area contributed by atoms with E-state index in [4.69, 9.17) is 11.6 Å². The maximum absolute atomic E-state index is 5.97. The summed E-state index contributed by atoms with van der Waals surface area (Å²) in [6, 6.07) is 14.3. The van der Waals surface area contributed by atoms with Gasteiger partial charge in [-0.05, 0) is 35.0 Å². The fraction of sp³-hybridized carbons (Fsp3) is 0.267. The highest BCUT2D eigenvalue weighted by Gasteiger charge is 2.11. The van der Waals surface area contributed by atoms with Crippen LogP contribution in [0.2, 0.25) is 4.34 Å². The lowest BCUT2D eigenvalue weighted by atomic mass is 10.2. The van der Waals surface area contributed by atoms with E-state index < -0.39 is 0 Å². The quantitative estimate of drug-likeness (QED) is 0.752. The van der Waals surface area contributed by atoms with Crippen molar-refractivity contribution < 1.29 is 0 Å². The van der Waals surface area contributed by atoms with Gasteiger partial charge in [-0.15, -0.1) is 16.4 Å². The molecule has 22 heavy (non-hydrogen) atoms. The Morgan fingerprint density at radius 3 is 2.77 bits per heavy atom. The monoisotopic (exact) mass is 333 g/mol. The molecule has 0 aliphatic heterocycles. The first kappa shape index (κ1) is 15.1. The SMILES string of the molecule is CC(NCc1nnnn1Cc1ccccc1)c1ccc(Cl)s1. The molecule has 114 valence electrons. The Balaban J connectivity index is 1.63. The van der Waals surface area contributed by atoms with Gasteiger partial charge in [0.25, 0.3) is 0 Å². The van der Waals surface area contributed by atoms with E-state index in [1.807, 2.05) is 35.0 Å². The number of tetrazole rings is 1. The van der Waals surface area contributed by atoms with E-state index in [9.17, 15) is 0 Å². The molecule has 2 heterocycles. The van der Waals surface area contributed by atoms with E-state index >= 15 is 0 Å². The molecule has 2 aromatic heterocycles. The van der Waals surface area contributed by atoms with E-state index in [1.54, 1.807) is 11.3 Å². The molecule has 0 saturated carbocycles. The van der Waals surface area contributed by atoms with Gasteiger partial charge in [0.2, 0.25) is 0 Å². The van der Waals surface area contributed by atoms with Gasteiger partial charge in [0.15, 0.2) is 5.82 Å². The van der Waals surface area contributed by atoms with Crippen LogP contribution in [0.25, 0.3) is 0 Å². The van der Waals surface area contributed by atoms with E-state index in [0.29, 0.717) is 13.1 Å². The molecular formula is C15H16ClN5S. The number of halogens is 1. The van der Waals surface area contributed by atoms with Crippen LogP contribution in [-0.2, 0) is 13.1 Å². The number of hydrogen-bond acceptors (Lipinski definition) is 5. The number of nitrogens with one attached hydrogen (secondary N) is 1. The highest BCUT2D eigenvalue weighted by atomic mass is 35.5. The van der Waals surface area contributed by atoms with Gasteiger partial charge in [0, 0.05) is 10.9 Å². The molecule has 0 radical (unpaired) electrons. The lowest BCUT2D eigenvalue weighted by molar-refractivity contribution is 0.533. The highest BCUT2D eigenvalue weighted by molar-refractivity contribution is 7.16. The van der Waals surface area contributed by atoms with Crippen molar-refractivity contribution in [1.29, 1.82) is 0 Å². The molecule has 1 aromatic carbocycles. The molecule has 3 aromatic rings. The van der Waals surface area contributed by atoms with Gasteiger partial charge in [-0.2, -0.15) is 0 Å². The van der Waals surface area contributed by atoms with Crippen LogP contribution < -0.4 is 5.32 Å². The molecule has 0 bridgehead atoms. The molecule has 7 heteroatoms. The van der Waals surface area contributed by atoms with E-state index in [2.05, 4.69) is 39.9 Å². The average Bonchev–Trinajstić information content (AvgIpc) is 3.15. The normalized spacial score (nSPS) is 12.5. The summed E-state index contributed by atoms with van der Waals surface area (Å²) in [4.78, 5) is 1.20. The van der Waals surface area contributed by atoms with Crippen molar-refractivity contribution in [3.63, 3.8) is 0 Å². The Morgan fingerprint density at radius 2 is 2.05 bits per heavy atom. The first-order chi connectivity index (χ1) is 10.7. The summed E-state index contributed by atoms with van der Waals surface area (Å²) in [5.41, 5.74) is 1.18. The number of rotatable bonds is 6. The zero-order chi connectivity index (χ0) is 15.4. The second-order valence-electron chi connectivity index (χ2n) is 4.98. The minimum Gasteiger partial charge on any atom is -0.302 e. The minimum atomic E-state index is 0.208. The highest BCUT2D eigenvalue weighted by Crippen LogP contribution is 2.26. The van der Waals surface area contributed by atoms with Crippen molar-refractivity contribution in [2.75, 3.05) is 0 Å². The summed E-state index contributed by atoms with van der Waals surface area (Å²) < 4.78 is 2.62.